The third-order valence-electron chi connectivity index (χ3n) is 4.43. The molecule has 0 saturated heterocycles. The predicted molar refractivity (Wildman–Crippen MR) is 76.4 cm³/mol. The van der Waals surface area contributed by atoms with Crippen molar-refractivity contribution in [2.75, 3.05) is 13.6 Å². The lowest BCUT2D eigenvalue weighted by atomic mass is 9.85. The number of nitrogens with one attached hydrogen (secondary N) is 1. The average Bonchev–Trinajstić information content (AvgIpc) is 2.28. The van der Waals surface area contributed by atoms with E-state index in [1.54, 1.807) is 0 Å². The summed E-state index contributed by atoms with van der Waals surface area (Å²) in [5.74, 6) is 0.926. The van der Waals surface area contributed by atoms with Crippen LogP contribution in [0.15, 0.2) is 0 Å². The maximum Gasteiger partial charge on any atom is 0.00975 e. The van der Waals surface area contributed by atoms with Gasteiger partial charge in [0.15, 0.2) is 0 Å². The Hall–Kier alpha value is -0.0800. The molecule has 1 N–H and O–H groups in total. The summed E-state index contributed by atoms with van der Waals surface area (Å²) in [4.78, 5) is 2.63. The van der Waals surface area contributed by atoms with Crippen molar-refractivity contribution in [3.63, 3.8) is 0 Å². The summed E-state index contributed by atoms with van der Waals surface area (Å²) in [5.41, 5.74) is 0. The van der Waals surface area contributed by atoms with Crippen molar-refractivity contribution in [2.45, 2.75) is 77.9 Å². The molecule has 4 atom stereocenters. The molecule has 1 aliphatic rings. The molecule has 17 heavy (non-hydrogen) atoms. The Morgan fingerprint density at radius 2 is 2.00 bits per heavy atom. The summed E-state index contributed by atoms with van der Waals surface area (Å²) in [5, 5.41) is 3.52. The van der Waals surface area contributed by atoms with E-state index in [9.17, 15) is 0 Å². The van der Waals surface area contributed by atoms with Crippen LogP contribution in [0, 0.1) is 5.92 Å². The molecule has 0 aliphatic heterocycles. The van der Waals surface area contributed by atoms with Crippen LogP contribution in [0.2, 0.25) is 0 Å². The van der Waals surface area contributed by atoms with Crippen LogP contribution < -0.4 is 5.32 Å². The van der Waals surface area contributed by atoms with E-state index < -0.39 is 0 Å². The Morgan fingerprint density at radius 3 is 2.59 bits per heavy atom. The first-order valence-corrected chi connectivity index (χ1v) is 7.49. The van der Waals surface area contributed by atoms with E-state index >= 15 is 0 Å². The summed E-state index contributed by atoms with van der Waals surface area (Å²) in [6.45, 7) is 10.4. The van der Waals surface area contributed by atoms with Gasteiger partial charge >= 0.3 is 0 Å². The van der Waals surface area contributed by atoms with E-state index in [2.05, 4.69) is 45.0 Å². The van der Waals surface area contributed by atoms with Crippen molar-refractivity contribution in [1.29, 1.82) is 0 Å². The second-order valence-electron chi connectivity index (χ2n) is 6.13. The fourth-order valence-electron chi connectivity index (χ4n) is 3.24. The first kappa shape index (κ1) is 15.0. The van der Waals surface area contributed by atoms with Crippen molar-refractivity contribution in [3.05, 3.63) is 0 Å². The highest BCUT2D eigenvalue weighted by molar-refractivity contribution is 4.81. The van der Waals surface area contributed by atoms with E-state index in [4.69, 9.17) is 0 Å². The van der Waals surface area contributed by atoms with Crippen molar-refractivity contribution < 1.29 is 0 Å². The molecule has 4 unspecified atom stereocenters. The normalized spacial score (nSPS) is 29.3. The molecule has 1 fully saturated rings. The van der Waals surface area contributed by atoms with Gasteiger partial charge in [0.2, 0.25) is 0 Å². The first-order valence-electron chi connectivity index (χ1n) is 7.49. The zero-order valence-electron chi connectivity index (χ0n) is 12.5. The topological polar surface area (TPSA) is 15.3 Å². The molecule has 0 amide bonds. The van der Waals surface area contributed by atoms with Crippen molar-refractivity contribution in [3.8, 4) is 0 Å². The lowest BCUT2D eigenvalue weighted by molar-refractivity contribution is 0.116. The van der Waals surface area contributed by atoms with E-state index in [0.717, 1.165) is 18.5 Å². The fourth-order valence-corrected chi connectivity index (χ4v) is 3.24. The van der Waals surface area contributed by atoms with Crippen LogP contribution in [0.3, 0.4) is 0 Å². The van der Waals surface area contributed by atoms with Crippen molar-refractivity contribution in [2.24, 2.45) is 5.92 Å². The molecule has 0 aromatic heterocycles. The zero-order chi connectivity index (χ0) is 12.8. The Bertz CT molecular complexity index is 205. The molecule has 0 radical (unpaired) electrons. The number of rotatable bonds is 6. The quantitative estimate of drug-likeness (QED) is 0.766. The summed E-state index contributed by atoms with van der Waals surface area (Å²) < 4.78 is 0. The van der Waals surface area contributed by atoms with Crippen LogP contribution >= 0.6 is 0 Å². The van der Waals surface area contributed by atoms with Crippen LogP contribution in [-0.2, 0) is 0 Å². The molecule has 1 aliphatic carbocycles. The smallest absolute Gasteiger partial charge is 0.00975 e. The number of hydrogen-bond acceptors (Lipinski definition) is 2. The van der Waals surface area contributed by atoms with Gasteiger partial charge in [-0.25, -0.2) is 0 Å². The van der Waals surface area contributed by atoms with Gasteiger partial charge in [-0.3, -0.25) is 0 Å². The monoisotopic (exact) mass is 240 g/mol. The molecule has 2 nitrogen and oxygen atoms in total. The van der Waals surface area contributed by atoms with E-state index in [-0.39, 0.29) is 0 Å². The molecule has 2 heteroatoms. The summed E-state index contributed by atoms with van der Waals surface area (Å²) in [7, 11) is 2.33. The van der Waals surface area contributed by atoms with Crippen molar-refractivity contribution >= 4 is 0 Å². The lowest BCUT2D eigenvalue weighted by Gasteiger charge is -2.38. The Labute approximate surface area is 108 Å². The first-order chi connectivity index (χ1) is 8.04. The molecule has 0 bridgehead atoms. The van der Waals surface area contributed by atoms with Crippen molar-refractivity contribution in [1.82, 2.24) is 10.2 Å². The SMILES string of the molecule is CCNC(C)CC(C)N(C)C1CCCC(C)C1. The van der Waals surface area contributed by atoms with Gasteiger partial charge in [-0.15, -0.1) is 0 Å². The highest BCUT2D eigenvalue weighted by atomic mass is 15.2. The molecule has 1 rings (SSSR count). The summed E-state index contributed by atoms with van der Waals surface area (Å²) >= 11 is 0. The zero-order valence-corrected chi connectivity index (χ0v) is 12.5. The molecule has 102 valence electrons. The molecule has 0 aromatic rings. The average molecular weight is 240 g/mol. The lowest BCUT2D eigenvalue weighted by Crippen LogP contribution is -2.43. The van der Waals surface area contributed by atoms with Crippen LogP contribution in [-0.4, -0.2) is 36.6 Å². The van der Waals surface area contributed by atoms with Crippen LogP contribution in [0.5, 0.6) is 0 Å². The third kappa shape index (κ3) is 4.97. The van der Waals surface area contributed by atoms with Crippen LogP contribution in [0.25, 0.3) is 0 Å². The second kappa shape index (κ2) is 7.38. The highest BCUT2D eigenvalue weighted by Gasteiger charge is 2.25. The molecule has 0 heterocycles. The van der Waals surface area contributed by atoms with Gasteiger partial charge in [0, 0.05) is 18.1 Å². The van der Waals surface area contributed by atoms with Gasteiger partial charge in [0.25, 0.3) is 0 Å². The van der Waals surface area contributed by atoms with Gasteiger partial charge in [-0.05, 0) is 52.6 Å². The molecule has 0 aromatic carbocycles. The Morgan fingerprint density at radius 1 is 1.29 bits per heavy atom. The van der Waals surface area contributed by atoms with Gasteiger partial charge < -0.3 is 10.2 Å². The maximum absolute atomic E-state index is 3.52. The van der Waals surface area contributed by atoms with Crippen LogP contribution in [0.4, 0.5) is 0 Å². The predicted octanol–water partition coefficient (Wildman–Crippen LogP) is 3.27. The third-order valence-corrected chi connectivity index (χ3v) is 4.43. The molecule has 1 saturated carbocycles. The minimum absolute atomic E-state index is 0.637. The highest BCUT2D eigenvalue weighted by Crippen LogP contribution is 2.28. The summed E-state index contributed by atoms with van der Waals surface area (Å²) in [6, 6.07) is 2.15. The Kier molecular flexibility index (Phi) is 6.50. The van der Waals surface area contributed by atoms with Crippen LogP contribution in [0.1, 0.15) is 59.8 Å². The minimum atomic E-state index is 0.637. The number of hydrogen-bond donors (Lipinski definition) is 1. The fraction of sp³-hybridized carbons (Fsp3) is 1.00. The van der Waals surface area contributed by atoms with Gasteiger partial charge in [-0.2, -0.15) is 0 Å². The maximum atomic E-state index is 3.52. The largest absolute Gasteiger partial charge is 0.314 e. The number of nitrogens with zero attached hydrogens (tertiary/aromatic N) is 1. The minimum Gasteiger partial charge on any atom is -0.314 e. The van der Waals surface area contributed by atoms with E-state index in [1.807, 2.05) is 0 Å². The molecular weight excluding hydrogens is 208 g/mol. The second-order valence-corrected chi connectivity index (χ2v) is 6.13. The molecular formula is C15H32N2. The van der Waals surface area contributed by atoms with E-state index in [1.165, 1.54) is 32.1 Å². The Balaban J connectivity index is 2.36. The summed E-state index contributed by atoms with van der Waals surface area (Å²) in [6.07, 6.45) is 6.92. The van der Waals surface area contributed by atoms with Gasteiger partial charge in [0.1, 0.15) is 0 Å². The van der Waals surface area contributed by atoms with E-state index in [0.29, 0.717) is 12.1 Å². The standard InChI is InChI=1S/C15H32N2/c1-6-16-13(3)11-14(4)17(5)15-9-7-8-12(2)10-15/h12-16H,6-11H2,1-5H3. The molecule has 0 spiro atoms. The van der Waals surface area contributed by atoms with Gasteiger partial charge in [0.05, 0.1) is 0 Å². The van der Waals surface area contributed by atoms with Gasteiger partial charge in [-0.1, -0.05) is 26.7 Å².